The van der Waals surface area contributed by atoms with Gasteiger partial charge >= 0.3 is 0 Å². The lowest BCUT2D eigenvalue weighted by molar-refractivity contribution is 0.400. The van der Waals surface area contributed by atoms with Gasteiger partial charge in [0.2, 0.25) is 17.2 Å². The first-order valence-electron chi connectivity index (χ1n) is 6.62. The molecule has 0 atom stereocenters. The Morgan fingerprint density at radius 2 is 1.84 bits per heavy atom. The Balaban J connectivity index is 2.73. The molecule has 6 nitrogen and oxygen atoms in total. The minimum Gasteiger partial charge on any atom is -0.354 e. The molecule has 0 aliphatic rings. The zero-order chi connectivity index (χ0) is 14.3. The molecule has 19 heavy (non-hydrogen) atoms. The lowest BCUT2D eigenvalue weighted by Crippen LogP contribution is -2.29. The predicted octanol–water partition coefficient (Wildman–Crippen LogP) is 1.73. The van der Waals surface area contributed by atoms with Gasteiger partial charge in [-0.3, -0.25) is 0 Å². The minimum atomic E-state index is 0.229. The van der Waals surface area contributed by atoms with Gasteiger partial charge in [-0.15, -0.1) is 0 Å². The van der Waals surface area contributed by atoms with Crippen LogP contribution in [0.5, 0.6) is 0 Å². The van der Waals surface area contributed by atoms with Crippen molar-refractivity contribution in [3.63, 3.8) is 0 Å². The summed E-state index contributed by atoms with van der Waals surface area (Å²) in [4.78, 5) is 16.9. The molecule has 0 aliphatic carbocycles. The zero-order valence-corrected chi connectivity index (χ0v) is 12.9. The van der Waals surface area contributed by atoms with Crippen molar-refractivity contribution in [3.8, 4) is 0 Å². The number of halogens is 1. The van der Waals surface area contributed by atoms with E-state index in [-0.39, 0.29) is 5.28 Å². The summed E-state index contributed by atoms with van der Waals surface area (Å²) < 4.78 is 0. The van der Waals surface area contributed by atoms with E-state index in [1.165, 1.54) is 0 Å². The van der Waals surface area contributed by atoms with E-state index < -0.39 is 0 Å². The molecule has 1 heterocycles. The highest BCUT2D eigenvalue weighted by molar-refractivity contribution is 6.28. The molecule has 108 valence electrons. The summed E-state index contributed by atoms with van der Waals surface area (Å²) in [5.41, 5.74) is 0. The smallest absolute Gasteiger partial charge is 0.231 e. The largest absolute Gasteiger partial charge is 0.354 e. The molecule has 0 fully saturated rings. The van der Waals surface area contributed by atoms with E-state index in [0.29, 0.717) is 11.9 Å². The molecule has 7 heteroatoms. The monoisotopic (exact) mass is 286 g/mol. The lowest BCUT2D eigenvalue weighted by atomic mass is 10.3. The van der Waals surface area contributed by atoms with Gasteiger partial charge < -0.3 is 15.1 Å². The van der Waals surface area contributed by atoms with E-state index in [1.807, 2.05) is 6.92 Å². The first-order valence-corrected chi connectivity index (χ1v) is 6.99. The van der Waals surface area contributed by atoms with Crippen molar-refractivity contribution in [1.82, 2.24) is 19.9 Å². The van der Waals surface area contributed by atoms with Crippen LogP contribution in [0.4, 0.5) is 11.9 Å². The van der Waals surface area contributed by atoms with Crippen LogP contribution in [0.2, 0.25) is 5.28 Å². The van der Waals surface area contributed by atoms with E-state index in [1.54, 1.807) is 0 Å². The quantitative estimate of drug-likeness (QED) is 0.785. The number of nitrogens with zero attached hydrogens (tertiary/aromatic N) is 5. The standard InChI is InChI=1S/C12H23ClN6/c1-5-14-11-15-10(13)16-12(17-11)19(6-2)9-7-8-18(3)4/h5-9H2,1-4H3,(H,14,15,16,17). The predicted molar refractivity (Wildman–Crippen MR) is 80.1 cm³/mol. The second-order valence-corrected chi connectivity index (χ2v) is 4.83. The summed E-state index contributed by atoms with van der Waals surface area (Å²) in [7, 11) is 4.14. The van der Waals surface area contributed by atoms with Crippen LogP contribution in [0.15, 0.2) is 0 Å². The van der Waals surface area contributed by atoms with E-state index >= 15 is 0 Å². The van der Waals surface area contributed by atoms with Crippen LogP contribution in [-0.4, -0.2) is 60.1 Å². The summed E-state index contributed by atoms with van der Waals surface area (Å²) in [6.45, 7) is 7.62. The molecule has 0 saturated carbocycles. The van der Waals surface area contributed by atoms with Gasteiger partial charge in [-0.1, -0.05) is 0 Å². The SMILES string of the molecule is CCNc1nc(Cl)nc(N(CC)CCCN(C)C)n1. The molecule has 1 N–H and O–H groups in total. The van der Waals surface area contributed by atoms with E-state index in [0.717, 1.165) is 32.6 Å². The van der Waals surface area contributed by atoms with Gasteiger partial charge in [0.15, 0.2) is 0 Å². The van der Waals surface area contributed by atoms with Gasteiger partial charge in [0.05, 0.1) is 0 Å². The Morgan fingerprint density at radius 1 is 1.11 bits per heavy atom. The van der Waals surface area contributed by atoms with Crippen molar-refractivity contribution in [2.45, 2.75) is 20.3 Å². The molecule has 0 unspecified atom stereocenters. The van der Waals surface area contributed by atoms with Crippen molar-refractivity contribution < 1.29 is 0 Å². The molecule has 0 spiro atoms. The first-order chi connectivity index (χ1) is 9.06. The molecule has 0 aliphatic heterocycles. The highest BCUT2D eigenvalue weighted by atomic mass is 35.5. The summed E-state index contributed by atoms with van der Waals surface area (Å²) in [5, 5.41) is 3.29. The third kappa shape index (κ3) is 5.57. The van der Waals surface area contributed by atoms with Crippen LogP contribution in [-0.2, 0) is 0 Å². The fraction of sp³-hybridized carbons (Fsp3) is 0.750. The molecule has 1 rings (SSSR count). The van der Waals surface area contributed by atoms with Crippen LogP contribution in [0, 0.1) is 0 Å². The van der Waals surface area contributed by atoms with Crippen LogP contribution in [0.25, 0.3) is 0 Å². The molecule has 0 radical (unpaired) electrons. The third-order valence-electron chi connectivity index (χ3n) is 2.63. The number of anilines is 2. The van der Waals surface area contributed by atoms with Gasteiger partial charge in [-0.05, 0) is 52.5 Å². The highest BCUT2D eigenvalue weighted by Gasteiger charge is 2.11. The molecule has 0 amide bonds. The lowest BCUT2D eigenvalue weighted by Gasteiger charge is -2.22. The zero-order valence-electron chi connectivity index (χ0n) is 12.1. The second kappa shape index (κ2) is 8.12. The summed E-state index contributed by atoms with van der Waals surface area (Å²) >= 11 is 5.93. The number of hydrogen-bond acceptors (Lipinski definition) is 6. The molecule has 0 saturated heterocycles. The van der Waals surface area contributed by atoms with Crippen LogP contribution >= 0.6 is 11.6 Å². The van der Waals surface area contributed by atoms with Gasteiger partial charge in [-0.2, -0.15) is 15.0 Å². The molecule has 0 aromatic carbocycles. The normalized spacial score (nSPS) is 10.8. The average Bonchev–Trinajstić information content (AvgIpc) is 2.34. The Hall–Kier alpha value is -1.14. The number of aromatic nitrogens is 3. The fourth-order valence-corrected chi connectivity index (χ4v) is 1.85. The topological polar surface area (TPSA) is 57.2 Å². The Bertz CT molecular complexity index is 384. The first kappa shape index (κ1) is 15.9. The van der Waals surface area contributed by atoms with Crippen molar-refractivity contribution in [1.29, 1.82) is 0 Å². The minimum absolute atomic E-state index is 0.229. The second-order valence-electron chi connectivity index (χ2n) is 4.49. The summed E-state index contributed by atoms with van der Waals surface area (Å²) in [6.07, 6.45) is 1.06. The molecular formula is C12H23ClN6. The average molecular weight is 287 g/mol. The third-order valence-corrected chi connectivity index (χ3v) is 2.80. The number of rotatable bonds is 8. The Morgan fingerprint density at radius 3 is 2.42 bits per heavy atom. The van der Waals surface area contributed by atoms with Crippen LogP contribution in [0.3, 0.4) is 0 Å². The Kier molecular flexibility index (Phi) is 6.80. The molecule has 0 bridgehead atoms. The van der Waals surface area contributed by atoms with Gasteiger partial charge in [0, 0.05) is 19.6 Å². The van der Waals surface area contributed by atoms with Crippen molar-refractivity contribution in [2.24, 2.45) is 0 Å². The van der Waals surface area contributed by atoms with Crippen LogP contribution < -0.4 is 10.2 Å². The van der Waals surface area contributed by atoms with E-state index in [2.05, 4.69) is 51.1 Å². The molecule has 1 aromatic heterocycles. The highest BCUT2D eigenvalue weighted by Crippen LogP contribution is 2.13. The van der Waals surface area contributed by atoms with Gasteiger partial charge in [0.1, 0.15) is 0 Å². The van der Waals surface area contributed by atoms with Gasteiger partial charge in [-0.25, -0.2) is 0 Å². The van der Waals surface area contributed by atoms with Gasteiger partial charge in [0.25, 0.3) is 0 Å². The maximum Gasteiger partial charge on any atom is 0.231 e. The van der Waals surface area contributed by atoms with Crippen molar-refractivity contribution in [3.05, 3.63) is 5.28 Å². The maximum atomic E-state index is 5.93. The number of nitrogens with one attached hydrogen (secondary N) is 1. The van der Waals surface area contributed by atoms with Crippen molar-refractivity contribution in [2.75, 3.05) is 50.5 Å². The summed E-state index contributed by atoms with van der Waals surface area (Å²) in [5.74, 6) is 1.17. The van der Waals surface area contributed by atoms with Crippen molar-refractivity contribution >= 4 is 23.5 Å². The summed E-state index contributed by atoms with van der Waals surface area (Å²) in [6, 6.07) is 0. The Labute approximate surface area is 120 Å². The maximum absolute atomic E-state index is 5.93. The molecular weight excluding hydrogens is 264 g/mol. The fourth-order valence-electron chi connectivity index (χ4n) is 1.70. The van der Waals surface area contributed by atoms with E-state index in [4.69, 9.17) is 11.6 Å². The molecule has 1 aromatic rings. The number of hydrogen-bond donors (Lipinski definition) is 1. The van der Waals surface area contributed by atoms with Crippen LogP contribution in [0.1, 0.15) is 20.3 Å². The van der Waals surface area contributed by atoms with E-state index in [9.17, 15) is 0 Å².